The third-order valence-corrected chi connectivity index (χ3v) is 3.57. The topological polar surface area (TPSA) is 95.6 Å². The molecule has 0 aromatic carbocycles. The summed E-state index contributed by atoms with van der Waals surface area (Å²) in [5.41, 5.74) is 0. The Morgan fingerprint density at radius 3 is 3.05 bits per heavy atom. The highest BCUT2D eigenvalue weighted by Gasteiger charge is 2.09. The number of aryl methyl sites for hydroxylation is 1. The van der Waals surface area contributed by atoms with Gasteiger partial charge in [0.2, 0.25) is 5.16 Å². The molecule has 0 aliphatic rings. The minimum absolute atomic E-state index is 0.688. The van der Waals surface area contributed by atoms with Gasteiger partial charge in [-0.3, -0.25) is 4.68 Å². The molecule has 0 saturated heterocycles. The summed E-state index contributed by atoms with van der Waals surface area (Å²) >= 11 is 1.54. The molecule has 0 saturated carbocycles. The van der Waals surface area contributed by atoms with E-state index in [1.54, 1.807) is 34.6 Å². The van der Waals surface area contributed by atoms with E-state index in [0.717, 1.165) is 30.6 Å². The quantitative estimate of drug-likeness (QED) is 0.481. The largest absolute Gasteiger partial charge is 0.383 e. The van der Waals surface area contributed by atoms with Gasteiger partial charge in [-0.1, -0.05) is 11.8 Å². The summed E-state index contributed by atoms with van der Waals surface area (Å²) in [6.07, 6.45) is 1.54. The van der Waals surface area contributed by atoms with Gasteiger partial charge in [0.15, 0.2) is 0 Å². The SMILES string of the molecule is COCCNCCn1nnnc1SCc1ncnn1C. The minimum Gasteiger partial charge on any atom is -0.383 e. The van der Waals surface area contributed by atoms with Gasteiger partial charge in [-0.15, -0.1) is 5.10 Å². The Bertz CT molecular complexity index is 513. The molecular weight excluding hydrogens is 280 g/mol. The van der Waals surface area contributed by atoms with Gasteiger partial charge in [-0.05, 0) is 10.4 Å². The normalized spacial score (nSPS) is 11.1. The fourth-order valence-electron chi connectivity index (χ4n) is 1.50. The second-order valence-electron chi connectivity index (χ2n) is 4.02. The zero-order chi connectivity index (χ0) is 14.2. The van der Waals surface area contributed by atoms with Crippen molar-refractivity contribution >= 4 is 11.8 Å². The fourth-order valence-corrected chi connectivity index (χ4v) is 2.39. The van der Waals surface area contributed by atoms with E-state index in [0.29, 0.717) is 12.4 Å². The monoisotopic (exact) mass is 298 g/mol. The first-order valence-corrected chi connectivity index (χ1v) is 7.21. The lowest BCUT2D eigenvalue weighted by Crippen LogP contribution is -2.24. The van der Waals surface area contributed by atoms with Crippen LogP contribution in [0.5, 0.6) is 0 Å². The van der Waals surface area contributed by atoms with Gasteiger partial charge < -0.3 is 10.1 Å². The smallest absolute Gasteiger partial charge is 0.209 e. The molecule has 2 rings (SSSR count). The molecule has 0 amide bonds. The van der Waals surface area contributed by atoms with Crippen molar-refractivity contribution in [2.24, 2.45) is 7.05 Å². The first-order valence-electron chi connectivity index (χ1n) is 6.22. The lowest BCUT2D eigenvalue weighted by atomic mass is 10.6. The van der Waals surface area contributed by atoms with Crippen molar-refractivity contribution in [3.05, 3.63) is 12.2 Å². The number of thioether (sulfide) groups is 1. The van der Waals surface area contributed by atoms with Crippen LogP contribution in [0.25, 0.3) is 0 Å². The fraction of sp³-hybridized carbons (Fsp3) is 0.700. The molecule has 10 heteroatoms. The molecule has 0 aliphatic carbocycles. The maximum Gasteiger partial charge on any atom is 0.209 e. The van der Waals surface area contributed by atoms with Crippen LogP contribution in [0.3, 0.4) is 0 Å². The predicted octanol–water partition coefficient (Wildman–Crippen LogP) is -0.670. The van der Waals surface area contributed by atoms with Gasteiger partial charge >= 0.3 is 0 Å². The van der Waals surface area contributed by atoms with E-state index in [-0.39, 0.29) is 0 Å². The molecule has 20 heavy (non-hydrogen) atoms. The van der Waals surface area contributed by atoms with Crippen LogP contribution in [-0.4, -0.2) is 61.8 Å². The molecule has 2 aromatic rings. The first kappa shape index (κ1) is 14.9. The molecule has 0 bridgehead atoms. The van der Waals surface area contributed by atoms with E-state index in [1.807, 2.05) is 7.05 Å². The Kier molecular flexibility index (Phi) is 5.89. The van der Waals surface area contributed by atoms with Crippen LogP contribution in [0.4, 0.5) is 0 Å². The summed E-state index contributed by atoms with van der Waals surface area (Å²) in [6.45, 7) is 3.03. The molecule has 2 heterocycles. The summed E-state index contributed by atoms with van der Waals surface area (Å²) in [5, 5.41) is 19.8. The predicted molar refractivity (Wildman–Crippen MR) is 73.1 cm³/mol. The first-order chi connectivity index (χ1) is 9.81. The average molecular weight is 298 g/mol. The van der Waals surface area contributed by atoms with Crippen molar-refractivity contribution in [3.63, 3.8) is 0 Å². The summed E-state index contributed by atoms with van der Waals surface area (Å²) in [7, 11) is 3.55. The van der Waals surface area contributed by atoms with E-state index in [4.69, 9.17) is 4.74 Å². The Morgan fingerprint density at radius 2 is 2.30 bits per heavy atom. The zero-order valence-corrected chi connectivity index (χ0v) is 12.4. The molecule has 0 spiro atoms. The third-order valence-electron chi connectivity index (χ3n) is 2.62. The van der Waals surface area contributed by atoms with Crippen molar-refractivity contribution in [2.75, 3.05) is 26.8 Å². The van der Waals surface area contributed by atoms with Crippen molar-refractivity contribution < 1.29 is 4.74 Å². The van der Waals surface area contributed by atoms with E-state index < -0.39 is 0 Å². The van der Waals surface area contributed by atoms with Crippen LogP contribution in [0.1, 0.15) is 5.82 Å². The van der Waals surface area contributed by atoms with Gasteiger partial charge in [0.05, 0.1) is 18.9 Å². The van der Waals surface area contributed by atoms with Gasteiger partial charge in [-0.2, -0.15) is 5.10 Å². The molecule has 0 radical (unpaired) electrons. The summed E-state index contributed by atoms with van der Waals surface area (Å²) in [5.74, 6) is 1.58. The molecule has 0 fully saturated rings. The summed E-state index contributed by atoms with van der Waals surface area (Å²) < 4.78 is 8.49. The highest BCUT2D eigenvalue weighted by atomic mass is 32.2. The number of nitrogens with zero attached hydrogens (tertiary/aromatic N) is 7. The van der Waals surface area contributed by atoms with Crippen molar-refractivity contribution in [2.45, 2.75) is 17.5 Å². The van der Waals surface area contributed by atoms with Crippen LogP contribution >= 0.6 is 11.8 Å². The maximum atomic E-state index is 4.97. The number of aromatic nitrogens is 7. The Labute approximate surface area is 121 Å². The standard InChI is InChI=1S/C10H18N8OS/c1-17-9(12-8-13-17)7-20-10-14-15-16-18(10)5-3-11-4-6-19-2/h8,11H,3-7H2,1-2H3. The number of hydrogen-bond donors (Lipinski definition) is 1. The lowest BCUT2D eigenvalue weighted by molar-refractivity contribution is 0.199. The second-order valence-corrected chi connectivity index (χ2v) is 4.96. The highest BCUT2D eigenvalue weighted by molar-refractivity contribution is 7.98. The van der Waals surface area contributed by atoms with Crippen LogP contribution < -0.4 is 5.32 Å². The van der Waals surface area contributed by atoms with Crippen molar-refractivity contribution in [3.8, 4) is 0 Å². The summed E-state index contributed by atoms with van der Waals surface area (Å²) in [6, 6.07) is 0. The van der Waals surface area contributed by atoms with Gasteiger partial charge in [-0.25, -0.2) is 9.67 Å². The zero-order valence-electron chi connectivity index (χ0n) is 11.6. The molecule has 0 atom stereocenters. The summed E-state index contributed by atoms with van der Waals surface area (Å²) in [4.78, 5) is 4.17. The van der Waals surface area contributed by atoms with E-state index >= 15 is 0 Å². The van der Waals surface area contributed by atoms with E-state index in [2.05, 4.69) is 30.9 Å². The Hall–Kier alpha value is -1.52. The number of nitrogens with one attached hydrogen (secondary N) is 1. The van der Waals surface area contributed by atoms with Crippen molar-refractivity contribution in [1.82, 2.24) is 40.3 Å². The van der Waals surface area contributed by atoms with E-state index in [1.165, 1.54) is 0 Å². The lowest BCUT2D eigenvalue weighted by Gasteiger charge is -2.05. The highest BCUT2D eigenvalue weighted by Crippen LogP contribution is 2.17. The number of methoxy groups -OCH3 is 1. The molecule has 0 aliphatic heterocycles. The Balaban J connectivity index is 1.78. The van der Waals surface area contributed by atoms with Gasteiger partial charge in [0.1, 0.15) is 12.2 Å². The van der Waals surface area contributed by atoms with Crippen LogP contribution in [0.2, 0.25) is 0 Å². The number of tetrazole rings is 1. The van der Waals surface area contributed by atoms with Crippen LogP contribution in [0, 0.1) is 0 Å². The van der Waals surface area contributed by atoms with Crippen molar-refractivity contribution in [1.29, 1.82) is 0 Å². The molecule has 1 N–H and O–H groups in total. The van der Waals surface area contributed by atoms with Gasteiger partial charge in [0, 0.05) is 27.2 Å². The maximum absolute atomic E-state index is 4.97. The average Bonchev–Trinajstić information content (AvgIpc) is 3.05. The third kappa shape index (κ3) is 4.25. The Morgan fingerprint density at radius 1 is 1.40 bits per heavy atom. The second kappa shape index (κ2) is 7.92. The number of ether oxygens (including phenoxy) is 1. The van der Waals surface area contributed by atoms with Gasteiger partial charge in [0.25, 0.3) is 0 Å². The van der Waals surface area contributed by atoms with Crippen LogP contribution in [0.15, 0.2) is 11.5 Å². The number of hydrogen-bond acceptors (Lipinski definition) is 8. The molecule has 9 nitrogen and oxygen atoms in total. The number of rotatable bonds is 9. The molecule has 2 aromatic heterocycles. The molecular formula is C10H18N8OS. The van der Waals surface area contributed by atoms with E-state index in [9.17, 15) is 0 Å². The molecule has 110 valence electrons. The van der Waals surface area contributed by atoms with Crippen LogP contribution in [-0.2, 0) is 24.1 Å². The minimum atomic E-state index is 0.688. The molecule has 0 unspecified atom stereocenters.